The minimum atomic E-state index is -3.09. The number of ether oxygens (including phenoxy) is 1. The Bertz CT molecular complexity index is 450. The van der Waals surface area contributed by atoms with Crippen molar-refractivity contribution in [3.8, 4) is 5.75 Å². The highest BCUT2D eigenvalue weighted by Gasteiger charge is 2.34. The summed E-state index contributed by atoms with van der Waals surface area (Å²) in [6.45, 7) is 0. The Balaban J connectivity index is 2.75. The molecule has 0 aromatic heterocycles. The van der Waals surface area contributed by atoms with Crippen LogP contribution in [0.5, 0.6) is 5.75 Å². The van der Waals surface area contributed by atoms with Gasteiger partial charge in [0.2, 0.25) is 0 Å². The van der Waals surface area contributed by atoms with E-state index in [1.807, 2.05) is 0 Å². The van der Waals surface area contributed by atoms with Crippen molar-refractivity contribution in [1.82, 2.24) is 0 Å². The van der Waals surface area contributed by atoms with Crippen LogP contribution in [-0.2, 0) is 10.7 Å². The predicted octanol–water partition coefficient (Wildman–Crippen LogP) is 4.09. The first-order chi connectivity index (χ1) is 8.86. The molecule has 0 aliphatic heterocycles. The Kier molecular flexibility index (Phi) is 5.54. The van der Waals surface area contributed by atoms with Gasteiger partial charge in [-0.1, -0.05) is 11.6 Å². The average Bonchev–Trinajstić information content (AvgIpc) is 2.34. The number of carboxylic acids is 1. The van der Waals surface area contributed by atoms with Gasteiger partial charge in [0.05, 0.1) is 12.7 Å². The fourth-order valence-corrected chi connectivity index (χ4v) is 1.90. The third kappa shape index (κ3) is 4.67. The van der Waals surface area contributed by atoms with Crippen LogP contribution >= 0.6 is 11.6 Å². The highest BCUT2D eigenvalue weighted by molar-refractivity contribution is 6.30. The number of hydrogen-bond acceptors (Lipinski definition) is 2. The second kappa shape index (κ2) is 6.70. The van der Waals surface area contributed by atoms with Crippen LogP contribution in [0.1, 0.15) is 31.2 Å². The Morgan fingerprint density at radius 3 is 2.68 bits per heavy atom. The minimum absolute atomic E-state index is 0.0765. The molecule has 1 rings (SSSR count). The summed E-state index contributed by atoms with van der Waals surface area (Å²) in [6.07, 6.45) is -0.206. The molecule has 0 heterocycles. The van der Waals surface area contributed by atoms with Crippen molar-refractivity contribution in [3.05, 3.63) is 28.8 Å². The van der Waals surface area contributed by atoms with Gasteiger partial charge in [-0.3, -0.25) is 4.79 Å². The van der Waals surface area contributed by atoms with Gasteiger partial charge in [-0.2, -0.15) is 0 Å². The first-order valence-electron chi connectivity index (χ1n) is 5.80. The predicted molar refractivity (Wildman–Crippen MR) is 68.0 cm³/mol. The molecular formula is C13H15ClF2O3. The number of aliphatic carboxylic acids is 1. The van der Waals surface area contributed by atoms with Crippen molar-refractivity contribution in [2.24, 2.45) is 0 Å². The Morgan fingerprint density at radius 1 is 1.42 bits per heavy atom. The topological polar surface area (TPSA) is 46.5 Å². The summed E-state index contributed by atoms with van der Waals surface area (Å²) in [5, 5.41) is 8.66. The summed E-state index contributed by atoms with van der Waals surface area (Å²) in [5.74, 6) is -3.99. The summed E-state index contributed by atoms with van der Waals surface area (Å²) in [4.78, 5) is 10.3. The van der Waals surface area contributed by atoms with Crippen molar-refractivity contribution in [3.63, 3.8) is 0 Å². The standard InChI is InChI=1S/C13H15ClF2O3/c1-19-11-6-5-9(14)8-10(11)13(15,16)7-3-2-4-12(17)18/h5-6,8H,2-4,7H2,1H3,(H,17,18). The van der Waals surface area contributed by atoms with Crippen molar-refractivity contribution in [1.29, 1.82) is 0 Å². The number of halogens is 3. The number of alkyl halides is 2. The van der Waals surface area contributed by atoms with Gasteiger partial charge in [0.15, 0.2) is 0 Å². The number of unbranched alkanes of at least 4 members (excludes halogenated alkanes) is 1. The highest BCUT2D eigenvalue weighted by Crippen LogP contribution is 2.40. The largest absolute Gasteiger partial charge is 0.496 e. The third-order valence-corrected chi connectivity index (χ3v) is 2.92. The van der Waals surface area contributed by atoms with E-state index < -0.39 is 18.3 Å². The van der Waals surface area contributed by atoms with Gasteiger partial charge in [-0.15, -0.1) is 0 Å². The molecule has 0 saturated carbocycles. The van der Waals surface area contributed by atoms with Crippen molar-refractivity contribution in [2.45, 2.75) is 31.6 Å². The number of carboxylic acid groups (broad SMARTS) is 1. The molecule has 19 heavy (non-hydrogen) atoms. The molecule has 1 aromatic carbocycles. The van der Waals surface area contributed by atoms with Crippen molar-refractivity contribution >= 4 is 17.6 Å². The molecule has 0 amide bonds. The van der Waals surface area contributed by atoms with E-state index in [0.29, 0.717) is 0 Å². The van der Waals surface area contributed by atoms with E-state index >= 15 is 0 Å². The van der Waals surface area contributed by atoms with Gasteiger partial charge in [0.25, 0.3) is 5.92 Å². The number of benzene rings is 1. The van der Waals surface area contributed by atoms with Crippen LogP contribution in [0.25, 0.3) is 0 Å². The number of carbonyl (C=O) groups is 1. The Hall–Kier alpha value is -1.36. The van der Waals surface area contributed by atoms with E-state index in [0.717, 1.165) is 0 Å². The maximum absolute atomic E-state index is 14.0. The van der Waals surface area contributed by atoms with Gasteiger partial charge < -0.3 is 9.84 Å². The molecule has 0 radical (unpaired) electrons. The van der Waals surface area contributed by atoms with E-state index in [4.69, 9.17) is 21.4 Å². The summed E-state index contributed by atoms with van der Waals surface area (Å²) in [5.41, 5.74) is -0.266. The summed E-state index contributed by atoms with van der Waals surface area (Å²) < 4.78 is 32.9. The Labute approximate surface area is 115 Å². The maximum atomic E-state index is 14.0. The van der Waals surface area contributed by atoms with E-state index in [2.05, 4.69) is 0 Å². The second-order valence-electron chi connectivity index (χ2n) is 4.15. The molecule has 0 aliphatic carbocycles. The average molecular weight is 293 g/mol. The van der Waals surface area contributed by atoms with Crippen molar-refractivity contribution < 1.29 is 23.4 Å². The van der Waals surface area contributed by atoms with E-state index in [-0.39, 0.29) is 35.6 Å². The normalized spacial score (nSPS) is 11.4. The lowest BCUT2D eigenvalue weighted by Crippen LogP contribution is -2.15. The lowest BCUT2D eigenvalue weighted by atomic mass is 10.0. The van der Waals surface area contributed by atoms with Gasteiger partial charge in [-0.05, 0) is 31.0 Å². The first-order valence-corrected chi connectivity index (χ1v) is 6.18. The van der Waals surface area contributed by atoms with E-state index in [9.17, 15) is 13.6 Å². The molecule has 1 N–H and O–H groups in total. The minimum Gasteiger partial charge on any atom is -0.496 e. The van der Waals surface area contributed by atoms with Crippen LogP contribution in [-0.4, -0.2) is 18.2 Å². The lowest BCUT2D eigenvalue weighted by Gasteiger charge is -2.19. The van der Waals surface area contributed by atoms with Gasteiger partial charge in [0.1, 0.15) is 5.75 Å². The number of rotatable bonds is 7. The maximum Gasteiger partial charge on any atom is 0.303 e. The Morgan fingerprint density at radius 2 is 2.11 bits per heavy atom. The fourth-order valence-electron chi connectivity index (χ4n) is 1.72. The number of hydrogen-bond donors (Lipinski definition) is 1. The molecule has 0 atom stereocenters. The fraction of sp³-hybridized carbons (Fsp3) is 0.462. The zero-order valence-corrected chi connectivity index (χ0v) is 11.2. The SMILES string of the molecule is COc1ccc(Cl)cc1C(F)(F)CCCCC(=O)O. The molecule has 1 aromatic rings. The van der Waals surface area contributed by atoms with Gasteiger partial charge >= 0.3 is 5.97 Å². The second-order valence-corrected chi connectivity index (χ2v) is 4.59. The smallest absolute Gasteiger partial charge is 0.303 e. The van der Waals surface area contributed by atoms with Crippen molar-refractivity contribution in [2.75, 3.05) is 7.11 Å². The molecule has 106 valence electrons. The third-order valence-electron chi connectivity index (χ3n) is 2.69. The van der Waals surface area contributed by atoms with Crippen LogP contribution in [0.3, 0.4) is 0 Å². The quantitative estimate of drug-likeness (QED) is 0.770. The summed E-state index contributed by atoms with van der Waals surface area (Å²) >= 11 is 5.72. The monoisotopic (exact) mass is 292 g/mol. The van der Waals surface area contributed by atoms with Crippen LogP contribution in [0.15, 0.2) is 18.2 Å². The highest BCUT2D eigenvalue weighted by atomic mass is 35.5. The molecule has 0 spiro atoms. The van der Waals surface area contributed by atoms with Crippen LogP contribution in [0, 0.1) is 0 Å². The summed E-state index contributed by atoms with van der Waals surface area (Å²) in [6, 6.07) is 4.05. The van der Waals surface area contributed by atoms with Crippen LogP contribution in [0.4, 0.5) is 8.78 Å². The molecule has 0 saturated heterocycles. The molecule has 0 unspecified atom stereocenters. The number of methoxy groups -OCH3 is 1. The molecule has 3 nitrogen and oxygen atoms in total. The zero-order chi connectivity index (χ0) is 14.5. The van der Waals surface area contributed by atoms with Gasteiger partial charge in [-0.25, -0.2) is 8.78 Å². The first kappa shape index (κ1) is 15.7. The molecule has 0 bridgehead atoms. The zero-order valence-electron chi connectivity index (χ0n) is 10.5. The van der Waals surface area contributed by atoms with E-state index in [1.54, 1.807) is 0 Å². The molecular weight excluding hydrogens is 278 g/mol. The lowest BCUT2D eigenvalue weighted by molar-refractivity contribution is -0.137. The molecule has 6 heteroatoms. The summed E-state index contributed by atoms with van der Waals surface area (Å²) in [7, 11) is 1.31. The van der Waals surface area contributed by atoms with Gasteiger partial charge in [0, 0.05) is 17.9 Å². The van der Waals surface area contributed by atoms with E-state index in [1.165, 1.54) is 25.3 Å². The molecule has 0 fully saturated rings. The van der Waals surface area contributed by atoms with Crippen LogP contribution in [0.2, 0.25) is 5.02 Å². The van der Waals surface area contributed by atoms with Crippen LogP contribution < -0.4 is 4.74 Å². The molecule has 0 aliphatic rings.